The third kappa shape index (κ3) is 4.90. The Morgan fingerprint density at radius 1 is 1.19 bits per heavy atom. The maximum absolute atomic E-state index is 9.52. The van der Waals surface area contributed by atoms with E-state index in [1.54, 1.807) is 7.11 Å². The van der Waals surface area contributed by atoms with Gasteiger partial charge in [0.05, 0.1) is 19.8 Å². The van der Waals surface area contributed by atoms with E-state index in [2.05, 4.69) is 18.3 Å². The first-order valence-electron chi connectivity index (χ1n) is 7.94. The van der Waals surface area contributed by atoms with Crippen LogP contribution in [0.4, 0.5) is 0 Å². The van der Waals surface area contributed by atoms with Gasteiger partial charge in [-0.1, -0.05) is 13.0 Å². The second-order valence-corrected chi connectivity index (χ2v) is 5.72. The summed E-state index contributed by atoms with van der Waals surface area (Å²) in [4.78, 5) is 0. The van der Waals surface area contributed by atoms with Gasteiger partial charge < -0.3 is 19.9 Å². The van der Waals surface area contributed by atoms with Crippen LogP contribution >= 0.6 is 0 Å². The number of aliphatic hydroxyl groups excluding tert-OH is 1. The van der Waals surface area contributed by atoms with E-state index in [1.807, 2.05) is 12.1 Å². The summed E-state index contributed by atoms with van der Waals surface area (Å²) in [7, 11) is 1.67. The Hall–Kier alpha value is -1.26. The van der Waals surface area contributed by atoms with Crippen molar-refractivity contribution in [2.45, 2.75) is 57.7 Å². The second-order valence-electron chi connectivity index (χ2n) is 5.72. The molecule has 1 saturated carbocycles. The van der Waals surface area contributed by atoms with E-state index >= 15 is 0 Å². The molecule has 0 atom stereocenters. The highest BCUT2D eigenvalue weighted by Crippen LogP contribution is 2.28. The van der Waals surface area contributed by atoms with Gasteiger partial charge in [-0.2, -0.15) is 0 Å². The van der Waals surface area contributed by atoms with Gasteiger partial charge in [-0.25, -0.2) is 0 Å². The SMILES string of the molecule is CCCOc1ccc(CNC2CCC(O)CC2)cc1OC. The Labute approximate surface area is 127 Å². The minimum atomic E-state index is -0.0989. The van der Waals surface area contributed by atoms with Gasteiger partial charge in [0, 0.05) is 12.6 Å². The number of nitrogens with one attached hydrogen (secondary N) is 1. The molecular formula is C17H27NO3. The maximum Gasteiger partial charge on any atom is 0.161 e. The van der Waals surface area contributed by atoms with Crippen molar-refractivity contribution in [3.8, 4) is 11.5 Å². The van der Waals surface area contributed by atoms with Crippen LogP contribution in [0.25, 0.3) is 0 Å². The van der Waals surface area contributed by atoms with Gasteiger partial charge in [0.2, 0.25) is 0 Å². The highest BCUT2D eigenvalue weighted by Gasteiger charge is 2.18. The van der Waals surface area contributed by atoms with Crippen LogP contribution in [0, 0.1) is 0 Å². The number of methoxy groups -OCH3 is 1. The Morgan fingerprint density at radius 3 is 2.62 bits per heavy atom. The van der Waals surface area contributed by atoms with Crippen molar-refractivity contribution in [3.05, 3.63) is 23.8 Å². The van der Waals surface area contributed by atoms with Crippen LogP contribution in [0.1, 0.15) is 44.6 Å². The molecule has 1 aliphatic rings. The summed E-state index contributed by atoms with van der Waals surface area (Å²) >= 11 is 0. The van der Waals surface area contributed by atoms with Crippen molar-refractivity contribution in [2.24, 2.45) is 0 Å². The zero-order chi connectivity index (χ0) is 15.1. The molecule has 2 N–H and O–H groups in total. The molecule has 118 valence electrons. The molecule has 1 aliphatic carbocycles. The molecule has 4 nitrogen and oxygen atoms in total. The predicted molar refractivity (Wildman–Crippen MR) is 83.9 cm³/mol. The fourth-order valence-corrected chi connectivity index (χ4v) is 2.70. The Morgan fingerprint density at radius 2 is 1.95 bits per heavy atom. The largest absolute Gasteiger partial charge is 0.493 e. The van der Waals surface area contributed by atoms with E-state index in [0.717, 1.165) is 50.1 Å². The Bertz CT molecular complexity index is 428. The molecule has 0 spiro atoms. The standard InChI is InChI=1S/C17H27NO3/c1-3-10-21-16-9-4-13(11-17(16)20-2)12-18-14-5-7-15(19)8-6-14/h4,9,11,14-15,18-19H,3,5-8,10,12H2,1-2H3. The summed E-state index contributed by atoms with van der Waals surface area (Å²) < 4.78 is 11.1. The molecule has 1 aromatic rings. The van der Waals surface area contributed by atoms with Crippen molar-refractivity contribution in [2.75, 3.05) is 13.7 Å². The molecule has 0 heterocycles. The molecular weight excluding hydrogens is 266 g/mol. The van der Waals surface area contributed by atoms with Crippen molar-refractivity contribution >= 4 is 0 Å². The summed E-state index contributed by atoms with van der Waals surface area (Å²) in [5.74, 6) is 1.60. The zero-order valence-corrected chi connectivity index (χ0v) is 13.1. The maximum atomic E-state index is 9.52. The first-order valence-corrected chi connectivity index (χ1v) is 7.94. The molecule has 0 radical (unpaired) electrons. The minimum Gasteiger partial charge on any atom is -0.493 e. The first kappa shape index (κ1) is 16.1. The summed E-state index contributed by atoms with van der Waals surface area (Å²) in [5, 5.41) is 13.1. The summed E-state index contributed by atoms with van der Waals surface area (Å²) in [6.45, 7) is 3.62. The fourth-order valence-electron chi connectivity index (χ4n) is 2.70. The second kappa shape index (κ2) is 8.25. The fraction of sp³-hybridized carbons (Fsp3) is 0.647. The number of ether oxygens (including phenoxy) is 2. The van der Waals surface area contributed by atoms with Gasteiger partial charge in [-0.05, 0) is 49.8 Å². The Kier molecular flexibility index (Phi) is 6.33. The zero-order valence-electron chi connectivity index (χ0n) is 13.1. The quantitative estimate of drug-likeness (QED) is 0.811. The molecule has 0 bridgehead atoms. The van der Waals surface area contributed by atoms with Gasteiger partial charge in [0.15, 0.2) is 11.5 Å². The third-order valence-electron chi connectivity index (χ3n) is 3.98. The summed E-state index contributed by atoms with van der Waals surface area (Å²) in [6.07, 6.45) is 4.81. The molecule has 0 aliphatic heterocycles. The number of hydrogen-bond donors (Lipinski definition) is 2. The van der Waals surface area contributed by atoms with Crippen molar-refractivity contribution in [1.82, 2.24) is 5.32 Å². The monoisotopic (exact) mass is 293 g/mol. The van der Waals surface area contributed by atoms with Crippen LogP contribution in [0.5, 0.6) is 11.5 Å². The van der Waals surface area contributed by atoms with Gasteiger partial charge >= 0.3 is 0 Å². The molecule has 0 aromatic heterocycles. The van der Waals surface area contributed by atoms with E-state index in [4.69, 9.17) is 9.47 Å². The molecule has 0 unspecified atom stereocenters. The van der Waals surface area contributed by atoms with E-state index in [0.29, 0.717) is 12.6 Å². The molecule has 1 aromatic carbocycles. The van der Waals surface area contributed by atoms with Crippen LogP contribution in [0.3, 0.4) is 0 Å². The lowest BCUT2D eigenvalue weighted by molar-refractivity contribution is 0.116. The smallest absolute Gasteiger partial charge is 0.161 e. The lowest BCUT2D eigenvalue weighted by atomic mass is 9.93. The lowest BCUT2D eigenvalue weighted by Crippen LogP contribution is -2.34. The average Bonchev–Trinajstić information content (AvgIpc) is 2.52. The van der Waals surface area contributed by atoms with E-state index in [-0.39, 0.29) is 6.10 Å². The highest BCUT2D eigenvalue weighted by atomic mass is 16.5. The highest BCUT2D eigenvalue weighted by molar-refractivity contribution is 5.42. The van der Waals surface area contributed by atoms with Crippen molar-refractivity contribution in [1.29, 1.82) is 0 Å². The van der Waals surface area contributed by atoms with E-state index < -0.39 is 0 Å². The summed E-state index contributed by atoms with van der Waals surface area (Å²) in [6, 6.07) is 6.61. The Balaban J connectivity index is 1.88. The van der Waals surface area contributed by atoms with Crippen LogP contribution < -0.4 is 14.8 Å². The van der Waals surface area contributed by atoms with Gasteiger partial charge in [0.25, 0.3) is 0 Å². The molecule has 0 amide bonds. The first-order chi connectivity index (χ1) is 10.2. The van der Waals surface area contributed by atoms with Gasteiger partial charge in [-0.3, -0.25) is 0 Å². The van der Waals surface area contributed by atoms with Crippen LogP contribution in [0.2, 0.25) is 0 Å². The van der Waals surface area contributed by atoms with Crippen molar-refractivity contribution < 1.29 is 14.6 Å². The molecule has 0 saturated heterocycles. The van der Waals surface area contributed by atoms with E-state index in [1.165, 1.54) is 5.56 Å². The average molecular weight is 293 g/mol. The molecule has 1 fully saturated rings. The van der Waals surface area contributed by atoms with Gasteiger partial charge in [-0.15, -0.1) is 0 Å². The molecule has 2 rings (SSSR count). The van der Waals surface area contributed by atoms with Crippen LogP contribution in [-0.2, 0) is 6.54 Å². The van der Waals surface area contributed by atoms with E-state index in [9.17, 15) is 5.11 Å². The summed E-state index contributed by atoms with van der Waals surface area (Å²) in [5.41, 5.74) is 1.20. The van der Waals surface area contributed by atoms with Crippen molar-refractivity contribution in [3.63, 3.8) is 0 Å². The molecule has 21 heavy (non-hydrogen) atoms. The number of rotatable bonds is 7. The number of benzene rings is 1. The lowest BCUT2D eigenvalue weighted by Gasteiger charge is -2.26. The normalized spacial score (nSPS) is 22.0. The topological polar surface area (TPSA) is 50.7 Å². The molecule has 4 heteroatoms. The van der Waals surface area contributed by atoms with Crippen LogP contribution in [0.15, 0.2) is 18.2 Å². The third-order valence-corrected chi connectivity index (χ3v) is 3.98. The predicted octanol–water partition coefficient (Wildman–Crippen LogP) is 2.88. The van der Waals surface area contributed by atoms with Gasteiger partial charge in [0.1, 0.15) is 0 Å². The minimum absolute atomic E-state index is 0.0989. The number of hydrogen-bond acceptors (Lipinski definition) is 4. The van der Waals surface area contributed by atoms with Crippen LogP contribution in [-0.4, -0.2) is 31.0 Å². The number of aliphatic hydroxyl groups is 1.